The Morgan fingerprint density at radius 3 is 2.71 bits per heavy atom. The molecular formula is C17H14Cl2N2. The summed E-state index contributed by atoms with van der Waals surface area (Å²) >= 11 is 12.2. The molecule has 2 nitrogen and oxygen atoms in total. The van der Waals surface area contributed by atoms with Crippen molar-refractivity contribution in [1.29, 1.82) is 0 Å². The number of halogens is 2. The minimum atomic E-state index is -0.142. The summed E-state index contributed by atoms with van der Waals surface area (Å²) in [6, 6.07) is 15.3. The van der Waals surface area contributed by atoms with E-state index < -0.39 is 0 Å². The largest absolute Gasteiger partial charge is 0.324 e. The number of hydrogen-bond acceptors (Lipinski definition) is 2. The Hall–Kier alpha value is -1.61. The Labute approximate surface area is 133 Å². The van der Waals surface area contributed by atoms with Crippen LogP contribution in [0.5, 0.6) is 0 Å². The summed E-state index contributed by atoms with van der Waals surface area (Å²) in [5.74, 6) is 0. The number of nitrogens with two attached hydrogens (primary N) is 1. The standard InChI is InChI=1S/C17H14Cl2N2/c18-12-7-6-11(15(19)10-12)9-16(20)13-3-1-5-17-14(13)4-2-8-21-17/h1-8,10,16H,9,20H2. The number of nitrogens with zero attached hydrogens (tertiary/aromatic N) is 1. The lowest BCUT2D eigenvalue weighted by atomic mass is 9.96. The van der Waals surface area contributed by atoms with Gasteiger partial charge in [0.05, 0.1) is 5.52 Å². The number of pyridine rings is 1. The highest BCUT2D eigenvalue weighted by atomic mass is 35.5. The second kappa shape index (κ2) is 6.02. The molecule has 2 aromatic carbocycles. The highest BCUT2D eigenvalue weighted by Gasteiger charge is 2.13. The van der Waals surface area contributed by atoms with Gasteiger partial charge in [0.25, 0.3) is 0 Å². The molecule has 106 valence electrons. The average Bonchev–Trinajstić information content (AvgIpc) is 2.49. The van der Waals surface area contributed by atoms with Crippen LogP contribution in [-0.2, 0) is 6.42 Å². The van der Waals surface area contributed by atoms with Crippen molar-refractivity contribution in [3.63, 3.8) is 0 Å². The van der Waals surface area contributed by atoms with Crippen LogP contribution >= 0.6 is 23.2 Å². The maximum absolute atomic E-state index is 6.38. The first-order chi connectivity index (χ1) is 10.1. The van der Waals surface area contributed by atoms with Gasteiger partial charge in [-0.05, 0) is 41.8 Å². The van der Waals surface area contributed by atoms with Crippen LogP contribution in [0.15, 0.2) is 54.7 Å². The van der Waals surface area contributed by atoms with Crippen LogP contribution in [0.1, 0.15) is 17.2 Å². The topological polar surface area (TPSA) is 38.9 Å². The molecule has 0 bridgehead atoms. The Morgan fingerprint density at radius 1 is 1.05 bits per heavy atom. The van der Waals surface area contributed by atoms with Crippen molar-refractivity contribution in [1.82, 2.24) is 4.98 Å². The molecule has 1 aromatic heterocycles. The van der Waals surface area contributed by atoms with Crippen molar-refractivity contribution in [3.05, 3.63) is 75.9 Å². The molecule has 0 saturated heterocycles. The van der Waals surface area contributed by atoms with Crippen molar-refractivity contribution < 1.29 is 0 Å². The van der Waals surface area contributed by atoms with Crippen LogP contribution in [0.25, 0.3) is 10.9 Å². The third kappa shape index (κ3) is 3.03. The zero-order valence-corrected chi connectivity index (χ0v) is 12.8. The van der Waals surface area contributed by atoms with E-state index >= 15 is 0 Å². The summed E-state index contributed by atoms with van der Waals surface area (Å²) in [5.41, 5.74) is 9.40. The monoisotopic (exact) mass is 316 g/mol. The van der Waals surface area contributed by atoms with Crippen molar-refractivity contribution in [2.24, 2.45) is 5.73 Å². The van der Waals surface area contributed by atoms with Gasteiger partial charge in [0.15, 0.2) is 0 Å². The predicted molar refractivity (Wildman–Crippen MR) is 88.8 cm³/mol. The molecule has 1 unspecified atom stereocenters. The number of hydrogen-bond donors (Lipinski definition) is 1. The smallest absolute Gasteiger partial charge is 0.0705 e. The predicted octanol–water partition coefficient (Wildman–Crippen LogP) is 4.78. The van der Waals surface area contributed by atoms with Crippen molar-refractivity contribution >= 4 is 34.1 Å². The minimum Gasteiger partial charge on any atom is -0.324 e. The SMILES string of the molecule is NC(Cc1ccc(Cl)cc1Cl)c1cccc2ncccc12. The molecule has 0 spiro atoms. The van der Waals surface area contributed by atoms with E-state index in [9.17, 15) is 0 Å². The first-order valence-corrected chi connectivity index (χ1v) is 7.44. The number of aromatic nitrogens is 1. The van der Waals surface area contributed by atoms with Crippen LogP contribution in [0, 0.1) is 0 Å². The average molecular weight is 317 g/mol. The molecule has 3 aromatic rings. The van der Waals surface area contributed by atoms with Gasteiger partial charge in [-0.3, -0.25) is 4.98 Å². The molecule has 0 amide bonds. The van der Waals surface area contributed by atoms with Crippen molar-refractivity contribution in [2.45, 2.75) is 12.5 Å². The molecular weight excluding hydrogens is 303 g/mol. The molecule has 0 aliphatic carbocycles. The van der Waals surface area contributed by atoms with E-state index in [-0.39, 0.29) is 6.04 Å². The van der Waals surface area contributed by atoms with E-state index in [0.29, 0.717) is 16.5 Å². The lowest BCUT2D eigenvalue weighted by molar-refractivity contribution is 0.728. The summed E-state index contributed by atoms with van der Waals surface area (Å²) in [5, 5.41) is 2.36. The third-order valence-electron chi connectivity index (χ3n) is 3.53. The molecule has 2 N–H and O–H groups in total. The van der Waals surface area contributed by atoms with Crippen molar-refractivity contribution in [3.8, 4) is 0 Å². The highest BCUT2D eigenvalue weighted by Crippen LogP contribution is 2.28. The van der Waals surface area contributed by atoms with Crippen LogP contribution in [0.4, 0.5) is 0 Å². The van der Waals surface area contributed by atoms with E-state index in [1.807, 2.05) is 42.5 Å². The van der Waals surface area contributed by atoms with Gasteiger partial charge in [0.2, 0.25) is 0 Å². The molecule has 1 atom stereocenters. The Bertz CT molecular complexity index is 781. The normalized spacial score (nSPS) is 12.5. The van der Waals surface area contributed by atoms with E-state index in [4.69, 9.17) is 28.9 Å². The zero-order valence-electron chi connectivity index (χ0n) is 11.3. The molecule has 0 fully saturated rings. The van der Waals surface area contributed by atoms with Crippen LogP contribution in [0.2, 0.25) is 10.0 Å². The molecule has 0 aliphatic heterocycles. The van der Waals surface area contributed by atoms with E-state index in [1.165, 1.54) is 0 Å². The zero-order chi connectivity index (χ0) is 14.8. The molecule has 1 heterocycles. The second-order valence-corrected chi connectivity index (χ2v) is 5.81. The quantitative estimate of drug-likeness (QED) is 0.755. The Kier molecular flexibility index (Phi) is 4.11. The minimum absolute atomic E-state index is 0.142. The fourth-order valence-electron chi connectivity index (χ4n) is 2.48. The lowest BCUT2D eigenvalue weighted by Gasteiger charge is -2.15. The molecule has 0 aliphatic rings. The third-order valence-corrected chi connectivity index (χ3v) is 4.12. The highest BCUT2D eigenvalue weighted by molar-refractivity contribution is 6.35. The Morgan fingerprint density at radius 2 is 1.90 bits per heavy atom. The van der Waals surface area contributed by atoms with Crippen molar-refractivity contribution in [2.75, 3.05) is 0 Å². The summed E-state index contributed by atoms with van der Waals surface area (Å²) in [6.07, 6.45) is 2.44. The van der Waals surface area contributed by atoms with Gasteiger partial charge < -0.3 is 5.73 Å². The number of benzene rings is 2. The molecule has 21 heavy (non-hydrogen) atoms. The molecule has 3 rings (SSSR count). The van der Waals surface area contributed by atoms with Gasteiger partial charge in [-0.2, -0.15) is 0 Å². The van der Waals surface area contributed by atoms with Crippen LogP contribution in [0.3, 0.4) is 0 Å². The first kappa shape index (κ1) is 14.3. The van der Waals surface area contributed by atoms with E-state index in [2.05, 4.69) is 4.98 Å². The van der Waals surface area contributed by atoms with Gasteiger partial charge in [-0.15, -0.1) is 0 Å². The van der Waals surface area contributed by atoms with Gasteiger partial charge >= 0.3 is 0 Å². The molecule has 4 heteroatoms. The maximum Gasteiger partial charge on any atom is 0.0705 e. The lowest BCUT2D eigenvalue weighted by Crippen LogP contribution is -2.14. The van der Waals surface area contributed by atoms with Gasteiger partial charge in [0.1, 0.15) is 0 Å². The van der Waals surface area contributed by atoms with E-state index in [0.717, 1.165) is 22.0 Å². The fraction of sp³-hybridized carbons (Fsp3) is 0.118. The maximum atomic E-state index is 6.38. The van der Waals surface area contributed by atoms with Gasteiger partial charge in [-0.25, -0.2) is 0 Å². The summed E-state index contributed by atoms with van der Waals surface area (Å²) in [7, 11) is 0. The summed E-state index contributed by atoms with van der Waals surface area (Å²) < 4.78 is 0. The summed E-state index contributed by atoms with van der Waals surface area (Å²) in [4.78, 5) is 4.36. The number of fused-ring (bicyclic) bond motifs is 1. The van der Waals surface area contributed by atoms with Gasteiger partial charge in [-0.1, -0.05) is 47.5 Å². The van der Waals surface area contributed by atoms with E-state index in [1.54, 1.807) is 12.3 Å². The van der Waals surface area contributed by atoms with Crippen LogP contribution < -0.4 is 5.73 Å². The van der Waals surface area contributed by atoms with Crippen LogP contribution in [-0.4, -0.2) is 4.98 Å². The van der Waals surface area contributed by atoms with Gasteiger partial charge in [0, 0.05) is 27.7 Å². The first-order valence-electron chi connectivity index (χ1n) is 6.68. The second-order valence-electron chi connectivity index (χ2n) is 4.96. The Balaban J connectivity index is 1.95. The molecule has 0 saturated carbocycles. The number of rotatable bonds is 3. The summed E-state index contributed by atoms with van der Waals surface area (Å²) in [6.45, 7) is 0. The molecule has 0 radical (unpaired) electrons. The fourth-order valence-corrected chi connectivity index (χ4v) is 2.97.